The molecule has 1 aliphatic carbocycles. The zero-order valence-electron chi connectivity index (χ0n) is 17.7. The molecule has 0 unspecified atom stereocenters. The second-order valence-electron chi connectivity index (χ2n) is 8.06. The number of rotatable bonds is 5. The van der Waals surface area contributed by atoms with Crippen molar-refractivity contribution in [3.63, 3.8) is 0 Å². The highest BCUT2D eigenvalue weighted by Crippen LogP contribution is 2.29. The molecule has 2 aliphatic rings. The van der Waals surface area contributed by atoms with Gasteiger partial charge in [0.2, 0.25) is 5.95 Å². The van der Waals surface area contributed by atoms with E-state index in [-0.39, 0.29) is 18.1 Å². The number of alkyl halides is 3. The zero-order valence-corrected chi connectivity index (χ0v) is 17.7. The fourth-order valence-corrected chi connectivity index (χ4v) is 4.03. The van der Waals surface area contributed by atoms with E-state index in [4.69, 9.17) is 9.47 Å². The van der Waals surface area contributed by atoms with Crippen LogP contribution in [0.1, 0.15) is 31.2 Å². The third-order valence-electron chi connectivity index (χ3n) is 5.82. The molecule has 0 atom stereocenters. The van der Waals surface area contributed by atoms with Gasteiger partial charge in [0.25, 0.3) is 0 Å². The van der Waals surface area contributed by atoms with Crippen LogP contribution in [0.3, 0.4) is 0 Å². The first-order valence-electron chi connectivity index (χ1n) is 10.8. The Morgan fingerprint density at radius 2 is 1.76 bits per heavy atom. The van der Waals surface area contributed by atoms with E-state index in [1.165, 1.54) is 6.33 Å². The van der Waals surface area contributed by atoms with Gasteiger partial charge in [0, 0.05) is 37.6 Å². The summed E-state index contributed by atoms with van der Waals surface area (Å²) in [7, 11) is 0. The number of hydrogen-bond acceptors (Lipinski definition) is 9. The number of morpholine rings is 1. The minimum absolute atomic E-state index is 0.0561. The highest BCUT2D eigenvalue weighted by Gasteiger charge is 2.31. The Labute approximate surface area is 187 Å². The summed E-state index contributed by atoms with van der Waals surface area (Å²) in [4.78, 5) is 18.7. The SMILES string of the molecule is FC(F)(F)c1cnc(N[C@H]2CC[C@@H](Oc3nc(N4CCOCC4)cc4ncnn34)CC2)nc1. The molecule has 5 rings (SSSR count). The molecule has 0 spiro atoms. The Kier molecular flexibility index (Phi) is 5.87. The predicted molar refractivity (Wildman–Crippen MR) is 111 cm³/mol. The molecule has 0 amide bonds. The number of ether oxygens (including phenoxy) is 2. The van der Waals surface area contributed by atoms with Crippen molar-refractivity contribution in [1.82, 2.24) is 29.5 Å². The Balaban J connectivity index is 1.21. The highest BCUT2D eigenvalue weighted by molar-refractivity contribution is 5.52. The molecule has 1 saturated heterocycles. The summed E-state index contributed by atoms with van der Waals surface area (Å²) >= 11 is 0. The van der Waals surface area contributed by atoms with Crippen molar-refractivity contribution in [3.8, 4) is 6.01 Å². The van der Waals surface area contributed by atoms with Gasteiger partial charge in [-0.25, -0.2) is 15.0 Å². The van der Waals surface area contributed by atoms with Gasteiger partial charge >= 0.3 is 12.2 Å². The minimum Gasteiger partial charge on any atom is -0.460 e. The number of anilines is 2. The number of halogens is 3. The lowest BCUT2D eigenvalue weighted by Gasteiger charge is -2.30. The number of aromatic nitrogens is 6. The van der Waals surface area contributed by atoms with Crippen molar-refractivity contribution in [2.24, 2.45) is 0 Å². The first-order chi connectivity index (χ1) is 16.0. The smallest absolute Gasteiger partial charge is 0.419 e. The lowest BCUT2D eigenvalue weighted by Crippen LogP contribution is -2.37. The molecule has 0 radical (unpaired) electrons. The van der Waals surface area contributed by atoms with E-state index < -0.39 is 11.7 Å². The maximum Gasteiger partial charge on any atom is 0.419 e. The van der Waals surface area contributed by atoms with Gasteiger partial charge in [-0.15, -0.1) is 0 Å². The third-order valence-corrected chi connectivity index (χ3v) is 5.82. The van der Waals surface area contributed by atoms with Crippen LogP contribution in [0.4, 0.5) is 24.9 Å². The van der Waals surface area contributed by atoms with E-state index >= 15 is 0 Å². The number of nitrogens with one attached hydrogen (secondary N) is 1. The number of fused-ring (bicyclic) bond motifs is 1. The summed E-state index contributed by atoms with van der Waals surface area (Å²) in [6, 6.07) is 2.34. The maximum absolute atomic E-state index is 12.7. The predicted octanol–water partition coefficient (Wildman–Crippen LogP) is 2.57. The molecule has 33 heavy (non-hydrogen) atoms. The van der Waals surface area contributed by atoms with Crippen LogP contribution in [0.2, 0.25) is 0 Å². The van der Waals surface area contributed by atoms with Crippen molar-refractivity contribution in [2.45, 2.75) is 44.0 Å². The second-order valence-corrected chi connectivity index (χ2v) is 8.06. The summed E-state index contributed by atoms with van der Waals surface area (Å²) in [5, 5.41) is 7.35. The average Bonchev–Trinajstić information content (AvgIpc) is 3.30. The molecular weight excluding hydrogens is 441 g/mol. The summed E-state index contributed by atoms with van der Waals surface area (Å²) in [5.41, 5.74) is -0.201. The van der Waals surface area contributed by atoms with Crippen LogP contribution in [-0.2, 0) is 10.9 Å². The Bertz CT molecular complexity index is 1080. The van der Waals surface area contributed by atoms with Crippen LogP contribution in [0.5, 0.6) is 6.01 Å². The fourth-order valence-electron chi connectivity index (χ4n) is 4.03. The second kappa shape index (κ2) is 8.96. The Morgan fingerprint density at radius 3 is 2.45 bits per heavy atom. The van der Waals surface area contributed by atoms with E-state index in [1.54, 1.807) is 4.52 Å². The molecule has 13 heteroatoms. The van der Waals surface area contributed by atoms with Crippen LogP contribution in [0, 0.1) is 0 Å². The molecular formula is C20H23F3N8O2. The van der Waals surface area contributed by atoms with Crippen LogP contribution in [0.15, 0.2) is 24.8 Å². The van der Waals surface area contributed by atoms with Crippen molar-refractivity contribution in [1.29, 1.82) is 0 Å². The standard InChI is InChI=1S/C20H23F3N8O2/c21-20(22,23)13-10-24-18(25-11-13)28-14-1-3-15(4-2-14)33-19-29-17(30-5-7-32-8-6-30)9-16-26-12-27-31(16)19/h9-12,14-15H,1-8H2,(H,24,25,28)/t14-,15+. The van der Waals surface area contributed by atoms with Gasteiger partial charge in [-0.1, -0.05) is 0 Å². The van der Waals surface area contributed by atoms with E-state index in [0.717, 1.165) is 57.0 Å². The molecule has 1 saturated carbocycles. The first kappa shape index (κ1) is 21.6. The van der Waals surface area contributed by atoms with Crippen LogP contribution in [0.25, 0.3) is 5.65 Å². The van der Waals surface area contributed by atoms with E-state index in [9.17, 15) is 13.2 Å². The molecule has 4 heterocycles. The van der Waals surface area contributed by atoms with Crippen molar-refractivity contribution < 1.29 is 22.6 Å². The monoisotopic (exact) mass is 464 g/mol. The van der Waals surface area contributed by atoms with Crippen molar-refractivity contribution in [3.05, 3.63) is 30.4 Å². The third kappa shape index (κ3) is 4.92. The van der Waals surface area contributed by atoms with Crippen LogP contribution >= 0.6 is 0 Å². The average molecular weight is 464 g/mol. The highest BCUT2D eigenvalue weighted by atomic mass is 19.4. The molecule has 176 valence electrons. The maximum atomic E-state index is 12.7. The zero-order chi connectivity index (χ0) is 22.8. The largest absolute Gasteiger partial charge is 0.460 e. The van der Waals surface area contributed by atoms with Crippen molar-refractivity contribution in [2.75, 3.05) is 36.5 Å². The summed E-state index contributed by atoms with van der Waals surface area (Å²) in [6.07, 6.45) is 1.57. The molecule has 3 aromatic rings. The first-order valence-corrected chi connectivity index (χ1v) is 10.8. The van der Waals surface area contributed by atoms with Crippen LogP contribution < -0.4 is 15.0 Å². The van der Waals surface area contributed by atoms with E-state index in [2.05, 4.69) is 35.3 Å². The van der Waals surface area contributed by atoms with E-state index in [0.29, 0.717) is 24.9 Å². The summed E-state index contributed by atoms with van der Waals surface area (Å²) in [6.45, 7) is 2.80. The van der Waals surface area contributed by atoms with Gasteiger partial charge < -0.3 is 19.7 Å². The van der Waals surface area contributed by atoms with Gasteiger partial charge in [-0.3, -0.25) is 0 Å². The molecule has 0 bridgehead atoms. The fraction of sp³-hybridized carbons (Fsp3) is 0.550. The molecule has 0 aromatic carbocycles. The number of nitrogens with zero attached hydrogens (tertiary/aromatic N) is 7. The quantitative estimate of drug-likeness (QED) is 0.610. The molecule has 1 aliphatic heterocycles. The van der Waals surface area contributed by atoms with Crippen LogP contribution in [-0.4, -0.2) is 68.0 Å². The topological polar surface area (TPSA) is 103 Å². The van der Waals surface area contributed by atoms with Gasteiger partial charge in [0.05, 0.1) is 18.8 Å². The van der Waals surface area contributed by atoms with Gasteiger partial charge in [-0.2, -0.15) is 27.8 Å². The summed E-state index contributed by atoms with van der Waals surface area (Å²) in [5.74, 6) is 0.972. The van der Waals surface area contributed by atoms with Crippen molar-refractivity contribution >= 4 is 17.4 Å². The van der Waals surface area contributed by atoms with Gasteiger partial charge in [0.15, 0.2) is 5.65 Å². The minimum atomic E-state index is -4.45. The molecule has 10 nitrogen and oxygen atoms in total. The molecule has 2 fully saturated rings. The normalized spacial score (nSPS) is 21.8. The molecule has 1 N–H and O–H groups in total. The van der Waals surface area contributed by atoms with E-state index in [1.807, 2.05) is 6.07 Å². The molecule has 3 aromatic heterocycles. The van der Waals surface area contributed by atoms with Gasteiger partial charge in [-0.05, 0) is 25.7 Å². The Morgan fingerprint density at radius 1 is 1.03 bits per heavy atom. The summed E-state index contributed by atoms with van der Waals surface area (Å²) < 4.78 is 51.2. The lowest BCUT2D eigenvalue weighted by atomic mass is 9.93. The Hall–Kier alpha value is -3.22. The lowest BCUT2D eigenvalue weighted by molar-refractivity contribution is -0.138. The van der Waals surface area contributed by atoms with Gasteiger partial charge in [0.1, 0.15) is 18.2 Å². The number of hydrogen-bond donors (Lipinski definition) is 1.